The number of anilines is 1. The van der Waals surface area contributed by atoms with Crippen LogP contribution in [0.4, 0.5) is 5.69 Å². The van der Waals surface area contributed by atoms with Gasteiger partial charge in [-0.05, 0) is 42.9 Å². The Morgan fingerprint density at radius 2 is 2.00 bits per heavy atom. The highest BCUT2D eigenvalue weighted by molar-refractivity contribution is 7.80. The lowest BCUT2D eigenvalue weighted by Crippen LogP contribution is -2.34. The molecule has 120 valence electrons. The summed E-state index contributed by atoms with van der Waals surface area (Å²) in [5, 5.41) is 15.0. The molecule has 0 unspecified atom stereocenters. The van der Waals surface area contributed by atoms with Gasteiger partial charge in [0.15, 0.2) is 5.11 Å². The maximum Gasteiger partial charge on any atom is 0.261 e. The van der Waals surface area contributed by atoms with Crippen LogP contribution in [0, 0.1) is 0 Å². The molecule has 0 aliphatic carbocycles. The van der Waals surface area contributed by atoms with Crippen molar-refractivity contribution in [1.29, 1.82) is 0 Å². The molecular weight excluding hydrogens is 312 g/mol. The van der Waals surface area contributed by atoms with Crippen LogP contribution in [0.5, 0.6) is 11.5 Å². The molecule has 2 aromatic carbocycles. The minimum atomic E-state index is -0.352. The van der Waals surface area contributed by atoms with Crippen LogP contribution < -0.4 is 15.4 Å². The molecule has 6 heteroatoms. The van der Waals surface area contributed by atoms with Crippen LogP contribution in [0.25, 0.3) is 0 Å². The number of hydrogen-bond acceptors (Lipinski definition) is 4. The third-order valence-corrected chi connectivity index (χ3v) is 3.13. The summed E-state index contributed by atoms with van der Waals surface area (Å²) in [7, 11) is 0. The average Bonchev–Trinajstić information content (AvgIpc) is 2.53. The SMILES string of the molecule is CCCOc1ccccc1C(=O)NC(=S)Nc1cccc(O)c1. The van der Waals surface area contributed by atoms with Gasteiger partial charge < -0.3 is 15.2 Å². The first-order valence-electron chi connectivity index (χ1n) is 7.23. The highest BCUT2D eigenvalue weighted by Crippen LogP contribution is 2.18. The number of benzene rings is 2. The Kier molecular flexibility index (Phi) is 5.94. The molecule has 0 aliphatic rings. The van der Waals surface area contributed by atoms with Crippen molar-refractivity contribution in [3.8, 4) is 11.5 Å². The highest BCUT2D eigenvalue weighted by atomic mass is 32.1. The fourth-order valence-corrected chi connectivity index (χ4v) is 2.12. The molecule has 0 heterocycles. The molecule has 0 radical (unpaired) electrons. The van der Waals surface area contributed by atoms with E-state index in [4.69, 9.17) is 17.0 Å². The van der Waals surface area contributed by atoms with Crippen LogP contribution in [-0.2, 0) is 0 Å². The van der Waals surface area contributed by atoms with Crippen LogP contribution in [0.2, 0.25) is 0 Å². The summed E-state index contributed by atoms with van der Waals surface area (Å²) >= 11 is 5.12. The van der Waals surface area contributed by atoms with Crippen LogP contribution >= 0.6 is 12.2 Å². The summed E-state index contributed by atoms with van der Waals surface area (Å²) in [6.07, 6.45) is 0.855. The number of hydrogen-bond donors (Lipinski definition) is 3. The number of ether oxygens (including phenoxy) is 1. The molecule has 0 saturated carbocycles. The first-order chi connectivity index (χ1) is 11.1. The predicted octanol–water partition coefficient (Wildman–Crippen LogP) is 3.31. The number of rotatable bonds is 5. The summed E-state index contributed by atoms with van der Waals surface area (Å²) in [5.41, 5.74) is 1.01. The van der Waals surface area contributed by atoms with Crippen LogP contribution in [0.3, 0.4) is 0 Å². The van der Waals surface area contributed by atoms with Crippen molar-refractivity contribution in [2.24, 2.45) is 0 Å². The van der Waals surface area contributed by atoms with E-state index in [1.165, 1.54) is 6.07 Å². The quantitative estimate of drug-likeness (QED) is 0.734. The predicted molar refractivity (Wildman–Crippen MR) is 94.0 cm³/mol. The van der Waals surface area contributed by atoms with Gasteiger partial charge in [-0.15, -0.1) is 0 Å². The average molecular weight is 330 g/mol. The Labute approximate surface area is 140 Å². The zero-order chi connectivity index (χ0) is 16.7. The van der Waals surface area contributed by atoms with Gasteiger partial charge in [-0.3, -0.25) is 10.1 Å². The molecule has 0 spiro atoms. The Morgan fingerprint density at radius 1 is 1.22 bits per heavy atom. The van der Waals surface area contributed by atoms with Gasteiger partial charge in [0.2, 0.25) is 0 Å². The summed E-state index contributed by atoms with van der Waals surface area (Å²) in [6, 6.07) is 13.5. The van der Waals surface area contributed by atoms with Crippen LogP contribution in [0.1, 0.15) is 23.7 Å². The molecule has 0 aromatic heterocycles. The molecule has 2 rings (SSSR count). The zero-order valence-electron chi connectivity index (χ0n) is 12.7. The second-order valence-corrected chi connectivity index (χ2v) is 5.21. The van der Waals surface area contributed by atoms with E-state index in [9.17, 15) is 9.90 Å². The smallest absolute Gasteiger partial charge is 0.261 e. The van der Waals surface area contributed by atoms with E-state index in [1.807, 2.05) is 13.0 Å². The Morgan fingerprint density at radius 3 is 2.74 bits per heavy atom. The summed E-state index contributed by atoms with van der Waals surface area (Å²) in [6.45, 7) is 2.54. The molecule has 5 nitrogen and oxygen atoms in total. The van der Waals surface area contributed by atoms with Crippen molar-refractivity contribution in [3.05, 3.63) is 54.1 Å². The molecule has 23 heavy (non-hydrogen) atoms. The Balaban J connectivity index is 2.02. The van der Waals surface area contributed by atoms with Crippen molar-refractivity contribution in [2.45, 2.75) is 13.3 Å². The van der Waals surface area contributed by atoms with Gasteiger partial charge in [0.25, 0.3) is 5.91 Å². The Hall–Kier alpha value is -2.60. The molecule has 0 saturated heterocycles. The molecule has 2 aromatic rings. The fourth-order valence-electron chi connectivity index (χ4n) is 1.91. The third-order valence-electron chi connectivity index (χ3n) is 2.92. The number of thiocarbonyl (C=S) groups is 1. The lowest BCUT2D eigenvalue weighted by atomic mass is 10.2. The number of carbonyl (C=O) groups excluding carboxylic acids is 1. The van der Waals surface area contributed by atoms with Gasteiger partial charge in [0, 0.05) is 11.8 Å². The topological polar surface area (TPSA) is 70.6 Å². The second-order valence-electron chi connectivity index (χ2n) is 4.80. The van der Waals surface area contributed by atoms with Crippen LogP contribution in [0.15, 0.2) is 48.5 Å². The molecule has 3 N–H and O–H groups in total. The summed E-state index contributed by atoms with van der Waals surface area (Å²) in [5.74, 6) is 0.281. The van der Waals surface area contributed by atoms with Crippen molar-refractivity contribution >= 4 is 28.9 Å². The molecule has 0 aliphatic heterocycles. The molecule has 0 atom stereocenters. The molecule has 1 amide bonds. The van der Waals surface area contributed by atoms with E-state index in [2.05, 4.69) is 10.6 Å². The number of para-hydroxylation sites is 1. The number of carbonyl (C=O) groups is 1. The molecule has 0 bridgehead atoms. The third kappa shape index (κ3) is 4.96. The standard InChI is InChI=1S/C17H18N2O3S/c1-2-10-22-15-9-4-3-8-14(15)16(21)19-17(23)18-12-6-5-7-13(20)11-12/h3-9,11,20H,2,10H2,1H3,(H2,18,19,21,23). The van der Waals surface area contributed by atoms with E-state index < -0.39 is 0 Å². The fraction of sp³-hybridized carbons (Fsp3) is 0.176. The Bertz CT molecular complexity index is 704. The second kappa shape index (κ2) is 8.14. The van der Waals surface area contributed by atoms with E-state index in [0.717, 1.165) is 6.42 Å². The molecule has 0 fully saturated rings. The number of amides is 1. The first-order valence-corrected chi connectivity index (χ1v) is 7.64. The van der Waals surface area contributed by atoms with Gasteiger partial charge in [0.05, 0.1) is 12.2 Å². The summed E-state index contributed by atoms with van der Waals surface area (Å²) < 4.78 is 5.57. The van der Waals surface area contributed by atoms with E-state index in [1.54, 1.807) is 36.4 Å². The van der Waals surface area contributed by atoms with E-state index in [0.29, 0.717) is 23.6 Å². The van der Waals surface area contributed by atoms with Gasteiger partial charge in [-0.25, -0.2) is 0 Å². The van der Waals surface area contributed by atoms with Crippen molar-refractivity contribution in [2.75, 3.05) is 11.9 Å². The molecular formula is C17H18N2O3S. The number of nitrogens with one attached hydrogen (secondary N) is 2. The maximum absolute atomic E-state index is 12.3. The largest absolute Gasteiger partial charge is 0.508 e. The van der Waals surface area contributed by atoms with Crippen molar-refractivity contribution in [1.82, 2.24) is 5.32 Å². The van der Waals surface area contributed by atoms with Crippen molar-refractivity contribution in [3.63, 3.8) is 0 Å². The summed E-state index contributed by atoms with van der Waals surface area (Å²) in [4.78, 5) is 12.3. The van der Waals surface area contributed by atoms with Gasteiger partial charge in [-0.1, -0.05) is 25.1 Å². The van der Waals surface area contributed by atoms with E-state index in [-0.39, 0.29) is 16.8 Å². The monoisotopic (exact) mass is 330 g/mol. The normalized spacial score (nSPS) is 9.96. The van der Waals surface area contributed by atoms with Gasteiger partial charge in [-0.2, -0.15) is 0 Å². The lowest BCUT2D eigenvalue weighted by molar-refractivity contribution is 0.0973. The van der Waals surface area contributed by atoms with Gasteiger partial charge in [0.1, 0.15) is 11.5 Å². The van der Waals surface area contributed by atoms with Gasteiger partial charge >= 0.3 is 0 Å². The zero-order valence-corrected chi connectivity index (χ0v) is 13.5. The van der Waals surface area contributed by atoms with E-state index >= 15 is 0 Å². The number of aromatic hydroxyl groups is 1. The van der Waals surface area contributed by atoms with Crippen molar-refractivity contribution < 1.29 is 14.6 Å². The van der Waals surface area contributed by atoms with Crippen LogP contribution in [-0.4, -0.2) is 22.7 Å². The lowest BCUT2D eigenvalue weighted by Gasteiger charge is -2.12. The minimum Gasteiger partial charge on any atom is -0.508 e. The first kappa shape index (κ1) is 16.8. The number of phenols is 1. The maximum atomic E-state index is 12.3. The highest BCUT2D eigenvalue weighted by Gasteiger charge is 2.13. The minimum absolute atomic E-state index is 0.113. The number of phenolic OH excluding ortho intramolecular Hbond substituents is 1.